The monoisotopic (exact) mass is 381 g/mol. The van der Waals surface area contributed by atoms with Gasteiger partial charge in [-0.2, -0.15) is 0 Å². The van der Waals surface area contributed by atoms with E-state index in [1.54, 1.807) is 36.0 Å². The molecule has 2 aliphatic rings. The summed E-state index contributed by atoms with van der Waals surface area (Å²) in [5.74, 6) is -0.356. The van der Waals surface area contributed by atoms with Crippen molar-refractivity contribution in [3.8, 4) is 5.75 Å². The minimum absolute atomic E-state index is 0.0815. The van der Waals surface area contributed by atoms with Crippen molar-refractivity contribution in [1.29, 1.82) is 0 Å². The lowest BCUT2D eigenvalue weighted by atomic mass is 10.0. The Balaban J connectivity index is 1.81. The van der Waals surface area contributed by atoms with Crippen LogP contribution < -0.4 is 0 Å². The molecule has 2 atom stereocenters. The van der Waals surface area contributed by atoms with E-state index in [2.05, 4.69) is 0 Å². The molecule has 1 aromatic rings. The van der Waals surface area contributed by atoms with Crippen LogP contribution in [0.4, 0.5) is 4.79 Å². The van der Waals surface area contributed by atoms with Crippen LogP contribution in [0.15, 0.2) is 24.3 Å². The van der Waals surface area contributed by atoms with E-state index < -0.39 is 21.9 Å². The molecule has 26 heavy (non-hydrogen) atoms. The van der Waals surface area contributed by atoms with E-state index in [-0.39, 0.29) is 35.6 Å². The van der Waals surface area contributed by atoms with Gasteiger partial charge in [-0.05, 0) is 17.7 Å². The normalized spacial score (nSPS) is 24.2. The third kappa shape index (κ3) is 3.62. The molecule has 1 aromatic carbocycles. The highest BCUT2D eigenvalue weighted by Gasteiger charge is 2.49. The molecule has 3 amide bonds. The van der Waals surface area contributed by atoms with Crippen molar-refractivity contribution in [2.45, 2.75) is 18.5 Å². The standard InChI is InChI=1S/C17H23N3O5S/c1-18(2)17(23)20-7-6-19(14-10-26(24,25)11-15(14)20)16(22)9-12-4-3-5-13(21)8-12/h3-5,8,14-15,21H,6-7,9-11H2,1-2H3/t14-,15+/m0/s1. The van der Waals surface area contributed by atoms with E-state index >= 15 is 0 Å². The van der Waals surface area contributed by atoms with Crippen LogP contribution in [0.3, 0.4) is 0 Å². The second-order valence-electron chi connectivity index (χ2n) is 7.02. The maximum Gasteiger partial charge on any atom is 0.319 e. The van der Waals surface area contributed by atoms with Crippen molar-refractivity contribution in [3.63, 3.8) is 0 Å². The van der Waals surface area contributed by atoms with Crippen LogP contribution in [0.25, 0.3) is 0 Å². The molecule has 3 rings (SSSR count). The first-order valence-corrected chi connectivity index (χ1v) is 10.3. The Morgan fingerprint density at radius 3 is 2.38 bits per heavy atom. The number of piperazine rings is 1. The number of rotatable bonds is 2. The lowest BCUT2D eigenvalue weighted by molar-refractivity contribution is -0.135. The number of amides is 3. The predicted molar refractivity (Wildman–Crippen MR) is 95.5 cm³/mol. The fourth-order valence-corrected chi connectivity index (χ4v) is 5.68. The first-order valence-electron chi connectivity index (χ1n) is 8.43. The van der Waals surface area contributed by atoms with Gasteiger partial charge in [-0.3, -0.25) is 4.79 Å². The topological polar surface area (TPSA) is 98.2 Å². The van der Waals surface area contributed by atoms with Crippen molar-refractivity contribution in [3.05, 3.63) is 29.8 Å². The van der Waals surface area contributed by atoms with Gasteiger partial charge in [0.2, 0.25) is 5.91 Å². The molecule has 1 N–H and O–H groups in total. The molecular formula is C17H23N3O5S. The number of benzene rings is 1. The second-order valence-corrected chi connectivity index (χ2v) is 9.17. The second kappa shape index (κ2) is 6.79. The maximum absolute atomic E-state index is 12.8. The third-order valence-corrected chi connectivity index (χ3v) is 6.59. The summed E-state index contributed by atoms with van der Waals surface area (Å²) in [5.41, 5.74) is 0.666. The number of aromatic hydroxyl groups is 1. The number of fused-ring (bicyclic) bond motifs is 1. The van der Waals surface area contributed by atoms with Crippen LogP contribution >= 0.6 is 0 Å². The van der Waals surface area contributed by atoms with Gasteiger partial charge in [0.25, 0.3) is 0 Å². The van der Waals surface area contributed by atoms with E-state index in [4.69, 9.17) is 0 Å². The van der Waals surface area contributed by atoms with Gasteiger partial charge in [-0.15, -0.1) is 0 Å². The molecule has 0 saturated carbocycles. The summed E-state index contributed by atoms with van der Waals surface area (Å²) in [4.78, 5) is 29.7. The highest BCUT2D eigenvalue weighted by molar-refractivity contribution is 7.91. The minimum Gasteiger partial charge on any atom is -0.508 e. The molecule has 8 nitrogen and oxygen atoms in total. The summed E-state index contributed by atoms with van der Waals surface area (Å²) < 4.78 is 24.4. The van der Waals surface area contributed by atoms with Crippen LogP contribution in [0.5, 0.6) is 5.75 Å². The Bertz CT molecular complexity index is 823. The maximum atomic E-state index is 12.8. The van der Waals surface area contributed by atoms with Crippen molar-refractivity contribution < 1.29 is 23.1 Å². The lowest BCUT2D eigenvalue weighted by Crippen LogP contribution is -2.63. The van der Waals surface area contributed by atoms with Gasteiger partial charge < -0.3 is 19.8 Å². The Morgan fingerprint density at radius 2 is 1.77 bits per heavy atom. The molecule has 2 fully saturated rings. The molecule has 2 heterocycles. The summed E-state index contributed by atoms with van der Waals surface area (Å²) in [7, 11) is -0.0629. The fourth-order valence-electron chi connectivity index (χ4n) is 3.70. The first kappa shape index (κ1) is 18.5. The molecule has 2 aliphatic heterocycles. The zero-order valence-corrected chi connectivity index (χ0v) is 15.6. The van der Waals surface area contributed by atoms with Gasteiger partial charge >= 0.3 is 6.03 Å². The number of phenols is 1. The highest BCUT2D eigenvalue weighted by atomic mass is 32.2. The number of phenolic OH excluding ortho intramolecular Hbond substituents is 1. The van der Waals surface area contributed by atoms with Gasteiger partial charge in [0.1, 0.15) is 5.75 Å². The smallest absolute Gasteiger partial charge is 0.319 e. The molecule has 9 heteroatoms. The van der Waals surface area contributed by atoms with E-state index in [1.807, 2.05) is 0 Å². The predicted octanol–water partition coefficient (Wildman–Crippen LogP) is -0.0739. The number of sulfone groups is 1. The SMILES string of the molecule is CN(C)C(=O)N1CCN(C(=O)Cc2cccc(O)c2)[C@H]2CS(=O)(=O)C[C@H]21. The molecule has 0 unspecified atom stereocenters. The van der Waals surface area contributed by atoms with E-state index in [9.17, 15) is 23.1 Å². The molecule has 0 aliphatic carbocycles. The van der Waals surface area contributed by atoms with Crippen molar-refractivity contribution in [2.24, 2.45) is 0 Å². The van der Waals surface area contributed by atoms with Crippen molar-refractivity contribution in [1.82, 2.24) is 14.7 Å². The Hall–Kier alpha value is -2.29. The summed E-state index contributed by atoms with van der Waals surface area (Å²) >= 11 is 0. The first-order chi connectivity index (χ1) is 12.2. The number of carbonyl (C=O) groups excluding carboxylic acids is 2. The van der Waals surface area contributed by atoms with Crippen LogP contribution in [-0.4, -0.2) is 90.9 Å². The van der Waals surface area contributed by atoms with Gasteiger partial charge in [-0.1, -0.05) is 12.1 Å². The van der Waals surface area contributed by atoms with Crippen molar-refractivity contribution >= 4 is 21.8 Å². The summed E-state index contributed by atoms with van der Waals surface area (Å²) in [6.07, 6.45) is 0.0826. The van der Waals surface area contributed by atoms with Gasteiger partial charge in [0.15, 0.2) is 9.84 Å². The Kier molecular flexibility index (Phi) is 4.83. The summed E-state index contributed by atoms with van der Waals surface area (Å²) in [6, 6.07) is 5.17. The van der Waals surface area contributed by atoms with Crippen LogP contribution in [0.1, 0.15) is 5.56 Å². The Labute approximate surface area is 152 Å². The molecule has 0 bridgehead atoms. The number of carbonyl (C=O) groups is 2. The molecule has 0 radical (unpaired) electrons. The number of hydrogen-bond donors (Lipinski definition) is 1. The summed E-state index contributed by atoms with van der Waals surface area (Å²) in [6.45, 7) is 0.605. The lowest BCUT2D eigenvalue weighted by Gasteiger charge is -2.44. The van der Waals surface area contributed by atoms with Gasteiger partial charge in [0, 0.05) is 27.2 Å². The zero-order chi connectivity index (χ0) is 19.1. The minimum atomic E-state index is -3.31. The third-order valence-electron chi connectivity index (χ3n) is 4.89. The molecule has 0 aromatic heterocycles. The largest absolute Gasteiger partial charge is 0.508 e. The number of nitrogens with zero attached hydrogens (tertiary/aromatic N) is 3. The average Bonchev–Trinajstić information content (AvgIpc) is 2.87. The van der Waals surface area contributed by atoms with Crippen molar-refractivity contribution in [2.75, 3.05) is 38.7 Å². The van der Waals surface area contributed by atoms with Crippen LogP contribution in [-0.2, 0) is 21.1 Å². The molecule has 2 saturated heterocycles. The highest BCUT2D eigenvalue weighted by Crippen LogP contribution is 2.28. The van der Waals surface area contributed by atoms with Crippen LogP contribution in [0, 0.1) is 0 Å². The summed E-state index contributed by atoms with van der Waals surface area (Å²) in [5, 5.41) is 9.55. The average molecular weight is 381 g/mol. The number of hydrogen-bond acceptors (Lipinski definition) is 5. The molecule has 142 valence electrons. The quantitative estimate of drug-likeness (QED) is 0.773. The zero-order valence-electron chi connectivity index (χ0n) is 14.8. The fraction of sp³-hybridized carbons (Fsp3) is 0.529. The molecular weight excluding hydrogens is 358 g/mol. The van der Waals surface area contributed by atoms with Crippen LogP contribution in [0.2, 0.25) is 0 Å². The van der Waals surface area contributed by atoms with E-state index in [0.29, 0.717) is 18.7 Å². The molecule has 0 spiro atoms. The van der Waals surface area contributed by atoms with E-state index in [0.717, 1.165) is 0 Å². The van der Waals surface area contributed by atoms with Gasteiger partial charge in [-0.25, -0.2) is 13.2 Å². The Morgan fingerprint density at radius 1 is 1.15 bits per heavy atom. The van der Waals surface area contributed by atoms with E-state index in [1.165, 1.54) is 17.0 Å². The van der Waals surface area contributed by atoms with Gasteiger partial charge in [0.05, 0.1) is 30.0 Å². The number of urea groups is 1.